The molecular weight excluding hydrogens is 282 g/mol. The minimum absolute atomic E-state index is 0.0862. The summed E-state index contributed by atoms with van der Waals surface area (Å²) in [5, 5.41) is 13.3. The summed E-state index contributed by atoms with van der Waals surface area (Å²) in [7, 11) is 1.55. The minimum atomic E-state index is -1.20. The van der Waals surface area contributed by atoms with Crippen molar-refractivity contribution < 1.29 is 19.1 Å². The van der Waals surface area contributed by atoms with Gasteiger partial charge in [-0.05, 0) is 45.0 Å². The highest BCUT2D eigenvalue weighted by molar-refractivity contribution is 5.94. The van der Waals surface area contributed by atoms with Crippen LogP contribution in [0.15, 0.2) is 34.7 Å². The van der Waals surface area contributed by atoms with Crippen LogP contribution in [0.2, 0.25) is 0 Å². The van der Waals surface area contributed by atoms with Crippen LogP contribution in [0.25, 0.3) is 0 Å². The second-order valence-electron chi connectivity index (χ2n) is 5.52. The molecule has 1 aromatic carbocycles. The van der Waals surface area contributed by atoms with E-state index in [1.807, 2.05) is 6.92 Å². The van der Waals surface area contributed by atoms with Gasteiger partial charge in [-0.15, -0.1) is 0 Å². The molecule has 0 spiro atoms. The number of carbonyl (C=O) groups excluding carboxylic acids is 1. The summed E-state index contributed by atoms with van der Waals surface area (Å²) in [4.78, 5) is 12.2. The highest BCUT2D eigenvalue weighted by atomic mass is 16.5. The lowest BCUT2D eigenvalue weighted by molar-refractivity contribution is 0.0514. The van der Waals surface area contributed by atoms with Gasteiger partial charge in [-0.3, -0.25) is 4.79 Å². The summed E-state index contributed by atoms with van der Waals surface area (Å²) in [5.74, 6) is 1.72. The third-order valence-electron chi connectivity index (χ3n) is 3.55. The van der Waals surface area contributed by atoms with Gasteiger partial charge in [0.05, 0.1) is 13.7 Å². The van der Waals surface area contributed by atoms with Gasteiger partial charge in [-0.1, -0.05) is 6.07 Å². The average molecular weight is 303 g/mol. The summed E-state index contributed by atoms with van der Waals surface area (Å²) in [6.45, 7) is 5.35. The third kappa shape index (κ3) is 3.49. The SMILES string of the molecule is COc1cccc(C(=O)NCC(C)(O)c2cc(C)oc2C)c1. The molecule has 5 nitrogen and oxygen atoms in total. The van der Waals surface area contributed by atoms with Gasteiger partial charge in [0.2, 0.25) is 0 Å². The molecule has 1 aromatic heterocycles. The number of nitrogens with one attached hydrogen (secondary N) is 1. The van der Waals surface area contributed by atoms with Gasteiger partial charge in [-0.2, -0.15) is 0 Å². The number of rotatable bonds is 5. The topological polar surface area (TPSA) is 71.7 Å². The van der Waals surface area contributed by atoms with Gasteiger partial charge in [0.1, 0.15) is 22.9 Å². The number of hydrogen-bond donors (Lipinski definition) is 2. The van der Waals surface area contributed by atoms with Crippen molar-refractivity contribution in [3.05, 3.63) is 53.0 Å². The Morgan fingerprint density at radius 3 is 2.68 bits per heavy atom. The van der Waals surface area contributed by atoms with Crippen LogP contribution in [0.1, 0.15) is 34.4 Å². The maximum atomic E-state index is 12.2. The van der Waals surface area contributed by atoms with Crippen molar-refractivity contribution in [1.29, 1.82) is 0 Å². The fourth-order valence-corrected chi connectivity index (χ4v) is 2.38. The number of benzene rings is 1. The van der Waals surface area contributed by atoms with Crippen LogP contribution in [0.4, 0.5) is 0 Å². The average Bonchev–Trinajstić information content (AvgIpc) is 2.84. The molecule has 0 aliphatic rings. The first-order valence-corrected chi connectivity index (χ1v) is 7.05. The number of amides is 1. The quantitative estimate of drug-likeness (QED) is 0.890. The summed E-state index contributed by atoms with van der Waals surface area (Å²) >= 11 is 0. The van der Waals surface area contributed by atoms with Crippen LogP contribution in [0.5, 0.6) is 5.75 Å². The predicted molar refractivity (Wildman–Crippen MR) is 83.1 cm³/mol. The Balaban J connectivity index is 2.08. The first-order chi connectivity index (χ1) is 10.3. The molecule has 0 saturated carbocycles. The molecule has 5 heteroatoms. The van der Waals surface area contributed by atoms with Crippen molar-refractivity contribution in [3.8, 4) is 5.75 Å². The second kappa shape index (κ2) is 6.23. The molecule has 1 atom stereocenters. The van der Waals surface area contributed by atoms with Crippen LogP contribution < -0.4 is 10.1 Å². The molecule has 1 amide bonds. The number of methoxy groups -OCH3 is 1. The molecule has 0 aliphatic carbocycles. The number of ether oxygens (including phenoxy) is 1. The summed E-state index contributed by atoms with van der Waals surface area (Å²) in [5.41, 5.74) is -0.0395. The van der Waals surface area contributed by atoms with Crippen molar-refractivity contribution in [3.63, 3.8) is 0 Å². The summed E-state index contributed by atoms with van der Waals surface area (Å²) in [6.07, 6.45) is 0. The molecule has 118 valence electrons. The second-order valence-corrected chi connectivity index (χ2v) is 5.52. The lowest BCUT2D eigenvalue weighted by Gasteiger charge is -2.23. The van der Waals surface area contributed by atoms with Gasteiger partial charge in [0.25, 0.3) is 5.91 Å². The number of carbonyl (C=O) groups is 1. The first kappa shape index (κ1) is 16.1. The molecule has 2 aromatic rings. The van der Waals surface area contributed by atoms with Gasteiger partial charge in [0, 0.05) is 11.1 Å². The Bertz CT molecular complexity index is 673. The van der Waals surface area contributed by atoms with E-state index in [0.29, 0.717) is 22.6 Å². The maximum Gasteiger partial charge on any atom is 0.251 e. The van der Waals surface area contributed by atoms with Crippen molar-refractivity contribution in [2.45, 2.75) is 26.4 Å². The van der Waals surface area contributed by atoms with Crippen LogP contribution >= 0.6 is 0 Å². The first-order valence-electron chi connectivity index (χ1n) is 7.05. The van der Waals surface area contributed by atoms with Gasteiger partial charge in [0.15, 0.2) is 0 Å². The highest BCUT2D eigenvalue weighted by Crippen LogP contribution is 2.26. The van der Waals surface area contributed by atoms with Crippen LogP contribution in [0.3, 0.4) is 0 Å². The molecule has 22 heavy (non-hydrogen) atoms. The maximum absolute atomic E-state index is 12.2. The molecule has 0 saturated heterocycles. The molecule has 1 unspecified atom stereocenters. The van der Waals surface area contributed by atoms with Crippen molar-refractivity contribution in [1.82, 2.24) is 5.32 Å². The summed E-state index contributed by atoms with van der Waals surface area (Å²) in [6, 6.07) is 8.64. The lowest BCUT2D eigenvalue weighted by Crippen LogP contribution is -2.38. The number of hydrogen-bond acceptors (Lipinski definition) is 4. The third-order valence-corrected chi connectivity index (χ3v) is 3.55. The fourth-order valence-electron chi connectivity index (χ4n) is 2.38. The zero-order valence-electron chi connectivity index (χ0n) is 13.3. The van der Waals surface area contributed by atoms with E-state index in [9.17, 15) is 9.90 Å². The van der Waals surface area contributed by atoms with Gasteiger partial charge in [-0.25, -0.2) is 0 Å². The van der Waals surface area contributed by atoms with Crippen molar-refractivity contribution in [2.75, 3.05) is 13.7 Å². The summed E-state index contributed by atoms with van der Waals surface area (Å²) < 4.78 is 10.5. The minimum Gasteiger partial charge on any atom is -0.497 e. The van der Waals surface area contributed by atoms with E-state index in [1.165, 1.54) is 0 Å². The Hall–Kier alpha value is -2.27. The van der Waals surface area contributed by atoms with E-state index in [1.54, 1.807) is 51.3 Å². The van der Waals surface area contributed by atoms with Crippen LogP contribution in [0, 0.1) is 13.8 Å². The largest absolute Gasteiger partial charge is 0.497 e. The van der Waals surface area contributed by atoms with Crippen LogP contribution in [-0.4, -0.2) is 24.7 Å². The van der Waals surface area contributed by atoms with E-state index in [-0.39, 0.29) is 12.5 Å². The Morgan fingerprint density at radius 2 is 2.09 bits per heavy atom. The smallest absolute Gasteiger partial charge is 0.251 e. The van der Waals surface area contributed by atoms with Crippen molar-refractivity contribution in [2.24, 2.45) is 0 Å². The standard InChI is InChI=1S/C17H21NO4/c1-11-8-15(12(2)22-11)17(3,20)10-18-16(19)13-6-5-7-14(9-13)21-4/h5-9,20H,10H2,1-4H3,(H,18,19). The van der Waals surface area contributed by atoms with Gasteiger partial charge >= 0.3 is 0 Å². The van der Waals surface area contributed by atoms with E-state index in [0.717, 1.165) is 5.76 Å². The molecule has 0 radical (unpaired) electrons. The zero-order chi connectivity index (χ0) is 16.3. The fraction of sp³-hybridized carbons (Fsp3) is 0.353. The Labute approximate surface area is 129 Å². The molecular formula is C17H21NO4. The number of aliphatic hydroxyl groups is 1. The Kier molecular flexibility index (Phi) is 4.56. The molecule has 2 N–H and O–H groups in total. The van der Waals surface area contributed by atoms with E-state index < -0.39 is 5.60 Å². The van der Waals surface area contributed by atoms with Gasteiger partial charge < -0.3 is 19.6 Å². The zero-order valence-corrected chi connectivity index (χ0v) is 13.3. The lowest BCUT2D eigenvalue weighted by atomic mass is 9.96. The molecule has 2 rings (SSSR count). The molecule has 0 bridgehead atoms. The molecule has 1 heterocycles. The van der Waals surface area contributed by atoms with E-state index in [4.69, 9.17) is 9.15 Å². The molecule has 0 fully saturated rings. The number of aryl methyl sites for hydroxylation is 2. The monoisotopic (exact) mass is 303 g/mol. The highest BCUT2D eigenvalue weighted by Gasteiger charge is 2.28. The Morgan fingerprint density at radius 1 is 1.36 bits per heavy atom. The van der Waals surface area contributed by atoms with Crippen LogP contribution in [-0.2, 0) is 5.60 Å². The van der Waals surface area contributed by atoms with E-state index in [2.05, 4.69) is 5.32 Å². The molecule has 0 aliphatic heterocycles. The normalized spacial score (nSPS) is 13.5. The number of furan rings is 1. The predicted octanol–water partition coefficient (Wildman–Crippen LogP) is 2.54. The van der Waals surface area contributed by atoms with E-state index >= 15 is 0 Å². The van der Waals surface area contributed by atoms with Crippen molar-refractivity contribution >= 4 is 5.91 Å².